The summed E-state index contributed by atoms with van der Waals surface area (Å²) in [4.78, 5) is 37.3. The van der Waals surface area contributed by atoms with Gasteiger partial charge in [-0.1, -0.05) is 40.1 Å². The van der Waals surface area contributed by atoms with Crippen LogP contribution in [0.1, 0.15) is 40.3 Å². The molecule has 0 aliphatic heterocycles. The van der Waals surface area contributed by atoms with Crippen molar-refractivity contribution in [1.82, 2.24) is 10.0 Å². The lowest BCUT2D eigenvalue weighted by Gasteiger charge is -2.01. The fourth-order valence-electron chi connectivity index (χ4n) is 2.12. The highest BCUT2D eigenvalue weighted by Gasteiger charge is 2.31. The van der Waals surface area contributed by atoms with E-state index in [1.54, 1.807) is 31.2 Å². The Morgan fingerprint density at radius 3 is 2.52 bits per heavy atom. The van der Waals surface area contributed by atoms with Crippen LogP contribution in [0.4, 0.5) is 0 Å². The number of Topliss-reactive ketones (excluding diaryl/α,β-unsaturated/α-hetero) is 1. The first-order valence-electron chi connectivity index (χ1n) is 7.58. The van der Waals surface area contributed by atoms with Crippen molar-refractivity contribution >= 4 is 17.7 Å². The first kappa shape index (κ1) is 18.1. The van der Waals surface area contributed by atoms with Gasteiger partial charge in [-0.15, -0.1) is 4.68 Å². The van der Waals surface area contributed by atoms with Gasteiger partial charge in [0.25, 0.3) is 0 Å². The SMILES string of the molecule is CCOC(=O)c1c(=O)n(N=C(C)[O-])[nH][n+]1CC(=O)c1ccc(C)cc1. The third-order valence-electron chi connectivity index (χ3n) is 3.27. The van der Waals surface area contributed by atoms with Crippen LogP contribution >= 0.6 is 0 Å². The largest absolute Gasteiger partial charge is 0.859 e. The Morgan fingerprint density at radius 1 is 1.32 bits per heavy atom. The molecule has 9 heteroatoms. The topological polar surface area (TPSA) is 120 Å². The molecule has 1 aromatic heterocycles. The number of hydrogen-bond acceptors (Lipinski definition) is 6. The maximum Gasteiger partial charge on any atom is 0.434 e. The van der Waals surface area contributed by atoms with Crippen molar-refractivity contribution in [2.45, 2.75) is 27.3 Å². The highest BCUT2D eigenvalue weighted by molar-refractivity contribution is 5.95. The molecule has 0 amide bonds. The number of aryl methyl sites for hydroxylation is 1. The normalized spacial score (nSPS) is 11.4. The van der Waals surface area contributed by atoms with E-state index in [4.69, 9.17) is 4.74 Å². The molecule has 0 fully saturated rings. The fourth-order valence-corrected chi connectivity index (χ4v) is 2.12. The molecule has 0 aliphatic rings. The smallest absolute Gasteiger partial charge is 0.434 e. The molecule has 2 aromatic rings. The molecule has 1 heterocycles. The van der Waals surface area contributed by atoms with E-state index >= 15 is 0 Å². The van der Waals surface area contributed by atoms with E-state index in [0.717, 1.165) is 17.2 Å². The predicted octanol–water partition coefficient (Wildman–Crippen LogP) is -0.626. The number of H-pyrrole nitrogens is 1. The zero-order valence-corrected chi connectivity index (χ0v) is 14.1. The molecule has 1 aromatic carbocycles. The second-order valence-corrected chi connectivity index (χ2v) is 5.28. The lowest BCUT2D eigenvalue weighted by atomic mass is 10.1. The number of nitrogens with zero attached hydrogens (tertiary/aromatic N) is 3. The fraction of sp³-hybridized carbons (Fsp3) is 0.312. The second-order valence-electron chi connectivity index (χ2n) is 5.28. The van der Waals surface area contributed by atoms with E-state index in [-0.39, 0.29) is 18.9 Å². The number of ether oxygens (including phenoxy) is 1. The molecule has 1 N–H and O–H groups in total. The Morgan fingerprint density at radius 2 is 1.96 bits per heavy atom. The standard InChI is InChI=1S/C16H18N4O5/c1-4-25-16(24)14-15(23)20(17-11(3)21)18-19(14)9-13(22)12-7-5-10(2)6-8-12/h5-8H,4,9H2,1-3H3,(H-,17,18,21,23,24). The zero-order valence-electron chi connectivity index (χ0n) is 14.1. The number of carbonyl (C=O) groups excluding carboxylic acids is 2. The molecule has 0 aliphatic carbocycles. The van der Waals surface area contributed by atoms with Crippen LogP contribution in [0, 0.1) is 6.92 Å². The summed E-state index contributed by atoms with van der Waals surface area (Å²) in [6.45, 7) is 4.37. The van der Waals surface area contributed by atoms with Crippen LogP contribution in [-0.2, 0) is 11.3 Å². The Labute approximate surface area is 143 Å². The lowest BCUT2D eigenvalue weighted by Crippen LogP contribution is -2.46. The summed E-state index contributed by atoms with van der Waals surface area (Å²) < 4.78 is 5.86. The van der Waals surface area contributed by atoms with E-state index < -0.39 is 23.1 Å². The van der Waals surface area contributed by atoms with Crippen LogP contribution in [-0.4, -0.2) is 34.3 Å². The molecular weight excluding hydrogens is 328 g/mol. The number of aromatic nitrogens is 3. The van der Waals surface area contributed by atoms with Gasteiger partial charge >= 0.3 is 17.2 Å². The zero-order chi connectivity index (χ0) is 18.6. The van der Waals surface area contributed by atoms with E-state index in [9.17, 15) is 19.5 Å². The predicted molar refractivity (Wildman–Crippen MR) is 85.2 cm³/mol. The summed E-state index contributed by atoms with van der Waals surface area (Å²) in [5.74, 6) is -1.87. The average Bonchev–Trinajstić information content (AvgIpc) is 2.83. The highest BCUT2D eigenvalue weighted by atomic mass is 16.5. The number of aromatic amines is 1. The summed E-state index contributed by atoms with van der Waals surface area (Å²) in [6, 6.07) is 6.86. The van der Waals surface area contributed by atoms with Gasteiger partial charge in [0.2, 0.25) is 5.78 Å². The van der Waals surface area contributed by atoms with Gasteiger partial charge in [0.05, 0.1) is 6.61 Å². The molecule has 0 atom stereocenters. The minimum Gasteiger partial charge on any atom is -0.859 e. The number of hydrogen-bond donors (Lipinski definition) is 1. The number of esters is 1. The molecular formula is C16H18N4O5. The Hall–Kier alpha value is -3.23. The highest BCUT2D eigenvalue weighted by Crippen LogP contribution is 2.04. The van der Waals surface area contributed by atoms with Gasteiger partial charge < -0.3 is 9.84 Å². The molecule has 0 spiro atoms. The van der Waals surface area contributed by atoms with E-state index in [1.807, 2.05) is 6.92 Å². The van der Waals surface area contributed by atoms with Crippen LogP contribution in [0.15, 0.2) is 34.2 Å². The number of benzene rings is 1. The lowest BCUT2D eigenvalue weighted by molar-refractivity contribution is -0.744. The molecule has 9 nitrogen and oxygen atoms in total. The van der Waals surface area contributed by atoms with Crippen molar-refractivity contribution in [3.8, 4) is 0 Å². The molecule has 2 rings (SSSR count). The van der Waals surface area contributed by atoms with Gasteiger partial charge in [0, 0.05) is 16.3 Å². The molecule has 0 unspecified atom stereocenters. The number of rotatable bonds is 6. The quantitative estimate of drug-likeness (QED) is 0.245. The van der Waals surface area contributed by atoms with Crippen molar-refractivity contribution in [2.75, 3.05) is 6.61 Å². The molecule has 25 heavy (non-hydrogen) atoms. The maximum atomic E-state index is 12.4. The third-order valence-corrected chi connectivity index (χ3v) is 3.27. The summed E-state index contributed by atoms with van der Waals surface area (Å²) in [6.07, 6.45) is 0. The van der Waals surface area contributed by atoms with Crippen molar-refractivity contribution < 1.29 is 24.1 Å². The molecule has 132 valence electrons. The van der Waals surface area contributed by atoms with Gasteiger partial charge in [-0.05, 0) is 20.8 Å². The number of ketones is 1. The first-order chi connectivity index (χ1) is 11.8. The van der Waals surface area contributed by atoms with Crippen molar-refractivity contribution in [3.63, 3.8) is 0 Å². The number of carbonyl (C=O) groups is 2. The van der Waals surface area contributed by atoms with E-state index in [1.165, 1.54) is 0 Å². The van der Waals surface area contributed by atoms with Gasteiger partial charge in [-0.3, -0.25) is 4.79 Å². The summed E-state index contributed by atoms with van der Waals surface area (Å²) in [5, 5.41) is 17.0. The summed E-state index contributed by atoms with van der Waals surface area (Å²) >= 11 is 0. The maximum absolute atomic E-state index is 12.4. The Kier molecular flexibility index (Phi) is 5.48. The van der Waals surface area contributed by atoms with E-state index in [0.29, 0.717) is 10.4 Å². The number of nitrogens with one attached hydrogen (secondary N) is 1. The minimum absolute atomic E-state index is 0.0548. The van der Waals surface area contributed by atoms with E-state index in [2.05, 4.69) is 10.3 Å². The van der Waals surface area contributed by atoms with Crippen LogP contribution < -0.4 is 15.3 Å². The van der Waals surface area contributed by atoms with Crippen LogP contribution in [0.3, 0.4) is 0 Å². The third kappa shape index (κ3) is 4.19. The summed E-state index contributed by atoms with van der Waals surface area (Å²) in [7, 11) is 0. The minimum atomic E-state index is -0.905. The average molecular weight is 346 g/mol. The van der Waals surface area contributed by atoms with Crippen LogP contribution in [0.25, 0.3) is 0 Å². The Balaban J connectivity index is 2.43. The van der Waals surface area contributed by atoms with Crippen molar-refractivity contribution in [2.24, 2.45) is 5.10 Å². The van der Waals surface area contributed by atoms with Gasteiger partial charge in [0.15, 0.2) is 6.54 Å². The monoisotopic (exact) mass is 346 g/mol. The second kappa shape index (κ2) is 7.56. The van der Waals surface area contributed by atoms with Crippen LogP contribution in [0.5, 0.6) is 0 Å². The van der Waals surface area contributed by atoms with Crippen molar-refractivity contribution in [3.05, 3.63) is 51.4 Å². The Bertz CT molecular complexity index is 873. The molecule has 0 saturated heterocycles. The first-order valence-corrected chi connectivity index (χ1v) is 7.58. The molecule has 0 saturated carbocycles. The van der Waals surface area contributed by atoms with Gasteiger partial charge in [0.1, 0.15) is 0 Å². The van der Waals surface area contributed by atoms with Crippen molar-refractivity contribution in [1.29, 1.82) is 0 Å². The molecule has 0 radical (unpaired) electrons. The molecule has 0 bridgehead atoms. The van der Waals surface area contributed by atoms with Crippen LogP contribution in [0.2, 0.25) is 0 Å². The van der Waals surface area contributed by atoms with Gasteiger partial charge in [-0.25, -0.2) is 9.59 Å². The summed E-state index contributed by atoms with van der Waals surface area (Å²) in [5.41, 5.74) is 0.138. The van der Waals surface area contributed by atoms with Gasteiger partial charge in [-0.2, -0.15) is 0 Å².